The van der Waals surface area contributed by atoms with Crippen molar-refractivity contribution in [3.63, 3.8) is 0 Å². The van der Waals surface area contributed by atoms with Crippen LogP contribution >= 0.6 is 23.2 Å². The number of nitrogens with zero attached hydrogens (tertiary/aromatic N) is 4. The third-order valence-electron chi connectivity index (χ3n) is 4.00. The van der Waals surface area contributed by atoms with E-state index >= 15 is 0 Å². The number of aromatic nitrogens is 4. The van der Waals surface area contributed by atoms with Gasteiger partial charge in [0.1, 0.15) is 11.8 Å². The van der Waals surface area contributed by atoms with Gasteiger partial charge in [0.05, 0.1) is 7.11 Å². The van der Waals surface area contributed by atoms with Gasteiger partial charge in [-0.2, -0.15) is 4.68 Å². The summed E-state index contributed by atoms with van der Waals surface area (Å²) in [5, 5.41) is 16.2. The summed E-state index contributed by atoms with van der Waals surface area (Å²) in [4.78, 5) is 0. The number of anilines is 1. The summed E-state index contributed by atoms with van der Waals surface area (Å²) in [6.07, 6.45) is 1.99. The molecule has 1 atom stereocenters. The zero-order valence-corrected chi connectivity index (χ0v) is 14.7. The van der Waals surface area contributed by atoms with Crippen molar-refractivity contribution in [1.82, 2.24) is 20.2 Å². The van der Waals surface area contributed by atoms with Gasteiger partial charge in [-0.05, 0) is 40.8 Å². The highest BCUT2D eigenvalue weighted by Gasteiger charge is 2.27. The fourth-order valence-corrected chi connectivity index (χ4v) is 3.43. The van der Waals surface area contributed by atoms with Crippen molar-refractivity contribution in [2.75, 3.05) is 12.4 Å². The molecule has 0 saturated carbocycles. The number of benzene rings is 2. The van der Waals surface area contributed by atoms with Crippen molar-refractivity contribution in [3.05, 3.63) is 69.7 Å². The number of methoxy groups -OCH3 is 1. The van der Waals surface area contributed by atoms with Crippen molar-refractivity contribution in [3.8, 4) is 5.75 Å². The monoisotopic (exact) mass is 373 g/mol. The van der Waals surface area contributed by atoms with Gasteiger partial charge < -0.3 is 10.1 Å². The fourth-order valence-electron chi connectivity index (χ4n) is 2.81. The third-order valence-corrected chi connectivity index (χ3v) is 4.66. The van der Waals surface area contributed by atoms with E-state index in [2.05, 4.69) is 20.8 Å². The zero-order valence-electron chi connectivity index (χ0n) is 13.1. The van der Waals surface area contributed by atoms with Crippen LogP contribution in [0.25, 0.3) is 5.70 Å². The first-order chi connectivity index (χ1) is 12.2. The Kier molecular flexibility index (Phi) is 4.07. The van der Waals surface area contributed by atoms with Gasteiger partial charge in [-0.25, -0.2) is 0 Å². The Hall–Kier alpha value is -2.57. The minimum Gasteiger partial charge on any atom is -0.497 e. The SMILES string of the molecule is COc1cccc(C2=C[C@H](c3c(Cl)cccc3Cl)n3nnnc3N2)c1. The lowest BCUT2D eigenvalue weighted by molar-refractivity contribution is 0.414. The number of tetrazole rings is 1. The molecule has 4 rings (SSSR count). The maximum absolute atomic E-state index is 6.40. The molecule has 1 N–H and O–H groups in total. The van der Waals surface area contributed by atoms with E-state index in [0.29, 0.717) is 16.0 Å². The van der Waals surface area contributed by atoms with Crippen molar-refractivity contribution in [2.24, 2.45) is 0 Å². The highest BCUT2D eigenvalue weighted by atomic mass is 35.5. The standard InChI is InChI=1S/C17H13Cl2N5O/c1-25-11-5-2-4-10(8-11)14-9-15(24-17(20-14)21-22-23-24)16-12(18)6-3-7-13(16)19/h2-9,15H,1H3,(H,20,21,23)/t15-/m1/s1. The number of ether oxygens (including phenoxy) is 1. The summed E-state index contributed by atoms with van der Waals surface area (Å²) in [7, 11) is 1.63. The largest absolute Gasteiger partial charge is 0.497 e. The first-order valence-electron chi connectivity index (χ1n) is 7.52. The van der Waals surface area contributed by atoms with E-state index in [-0.39, 0.29) is 6.04 Å². The van der Waals surface area contributed by atoms with Crippen LogP contribution in [0.3, 0.4) is 0 Å². The molecule has 8 heteroatoms. The topological polar surface area (TPSA) is 64.9 Å². The molecule has 0 amide bonds. The lowest BCUT2D eigenvalue weighted by Gasteiger charge is -2.25. The molecule has 0 unspecified atom stereocenters. The lowest BCUT2D eigenvalue weighted by Crippen LogP contribution is -2.20. The molecule has 3 aromatic rings. The van der Waals surface area contributed by atoms with E-state index in [0.717, 1.165) is 22.6 Å². The van der Waals surface area contributed by atoms with Crippen LogP contribution < -0.4 is 10.1 Å². The first-order valence-corrected chi connectivity index (χ1v) is 8.28. The fraction of sp³-hybridized carbons (Fsp3) is 0.118. The molecule has 1 aromatic heterocycles. The van der Waals surface area contributed by atoms with Crippen molar-refractivity contribution < 1.29 is 4.74 Å². The number of allylic oxidation sites excluding steroid dienone is 1. The normalized spacial score (nSPS) is 16.0. The molecule has 1 aliphatic heterocycles. The predicted octanol–water partition coefficient (Wildman–Crippen LogP) is 4.04. The molecule has 2 heterocycles. The lowest BCUT2D eigenvalue weighted by atomic mass is 10.0. The quantitative estimate of drug-likeness (QED) is 0.750. The van der Waals surface area contributed by atoms with Gasteiger partial charge in [-0.15, -0.1) is 0 Å². The predicted molar refractivity (Wildman–Crippen MR) is 97.0 cm³/mol. The molecule has 25 heavy (non-hydrogen) atoms. The van der Waals surface area contributed by atoms with E-state index in [1.165, 1.54) is 0 Å². The van der Waals surface area contributed by atoms with Crippen LogP contribution in [0.4, 0.5) is 5.95 Å². The molecule has 0 aliphatic carbocycles. The Bertz CT molecular complexity index is 949. The number of hydrogen-bond donors (Lipinski definition) is 1. The van der Waals surface area contributed by atoms with E-state index in [1.807, 2.05) is 36.4 Å². The first kappa shape index (κ1) is 15.9. The summed E-state index contributed by atoms with van der Waals surface area (Å²) >= 11 is 12.8. The van der Waals surface area contributed by atoms with E-state index in [1.54, 1.807) is 23.9 Å². The van der Waals surface area contributed by atoms with E-state index in [4.69, 9.17) is 27.9 Å². The van der Waals surface area contributed by atoms with Gasteiger partial charge in [0.2, 0.25) is 5.95 Å². The maximum Gasteiger partial charge on any atom is 0.248 e. The van der Waals surface area contributed by atoms with Gasteiger partial charge in [0.25, 0.3) is 0 Å². The molecule has 0 saturated heterocycles. The van der Waals surface area contributed by atoms with Gasteiger partial charge >= 0.3 is 0 Å². The van der Waals surface area contributed by atoms with Crippen LogP contribution in [-0.4, -0.2) is 27.3 Å². The Balaban J connectivity index is 1.86. The minimum atomic E-state index is -0.325. The summed E-state index contributed by atoms with van der Waals surface area (Å²) in [5.41, 5.74) is 2.55. The van der Waals surface area contributed by atoms with Crippen LogP contribution in [-0.2, 0) is 0 Å². The minimum absolute atomic E-state index is 0.325. The summed E-state index contributed by atoms with van der Waals surface area (Å²) in [6, 6.07) is 12.8. The average Bonchev–Trinajstić information content (AvgIpc) is 3.10. The second-order valence-corrected chi connectivity index (χ2v) is 6.28. The van der Waals surface area contributed by atoms with Crippen molar-refractivity contribution >= 4 is 34.8 Å². The zero-order chi connectivity index (χ0) is 17.4. The number of halogens is 2. The second-order valence-electron chi connectivity index (χ2n) is 5.46. The molecule has 0 radical (unpaired) electrons. The van der Waals surface area contributed by atoms with Gasteiger partial charge in [-0.3, -0.25) is 0 Å². The third kappa shape index (κ3) is 2.83. The second kappa shape index (κ2) is 6.38. The Morgan fingerprint density at radius 1 is 1.12 bits per heavy atom. The molecule has 0 spiro atoms. The molecule has 0 bridgehead atoms. The Morgan fingerprint density at radius 2 is 1.88 bits per heavy atom. The number of fused-ring (bicyclic) bond motifs is 1. The smallest absolute Gasteiger partial charge is 0.248 e. The number of hydrogen-bond acceptors (Lipinski definition) is 5. The van der Waals surface area contributed by atoms with Crippen molar-refractivity contribution in [2.45, 2.75) is 6.04 Å². The highest BCUT2D eigenvalue weighted by Crippen LogP contribution is 2.38. The van der Waals surface area contributed by atoms with Crippen LogP contribution in [0.15, 0.2) is 48.5 Å². The van der Waals surface area contributed by atoms with Gasteiger partial charge in [-0.1, -0.05) is 46.5 Å². The molecule has 126 valence electrons. The molecular weight excluding hydrogens is 361 g/mol. The van der Waals surface area contributed by atoms with Crippen molar-refractivity contribution in [1.29, 1.82) is 0 Å². The van der Waals surface area contributed by atoms with E-state index in [9.17, 15) is 0 Å². The molecular formula is C17H13Cl2N5O. The molecule has 1 aliphatic rings. The van der Waals surface area contributed by atoms with E-state index < -0.39 is 0 Å². The molecule has 6 nitrogen and oxygen atoms in total. The van der Waals surface area contributed by atoms with Crippen LogP contribution in [0.1, 0.15) is 17.2 Å². The molecule has 2 aromatic carbocycles. The summed E-state index contributed by atoms with van der Waals surface area (Å²) in [6.45, 7) is 0. The summed E-state index contributed by atoms with van der Waals surface area (Å²) < 4.78 is 6.96. The highest BCUT2D eigenvalue weighted by molar-refractivity contribution is 6.36. The molecule has 0 fully saturated rings. The maximum atomic E-state index is 6.40. The van der Waals surface area contributed by atoms with Crippen LogP contribution in [0, 0.1) is 0 Å². The van der Waals surface area contributed by atoms with Gasteiger partial charge in [0, 0.05) is 26.9 Å². The Morgan fingerprint density at radius 3 is 2.64 bits per heavy atom. The number of rotatable bonds is 3. The summed E-state index contributed by atoms with van der Waals surface area (Å²) in [5.74, 6) is 1.28. The van der Waals surface area contributed by atoms with Crippen LogP contribution in [0.2, 0.25) is 10.0 Å². The number of nitrogens with one attached hydrogen (secondary N) is 1. The van der Waals surface area contributed by atoms with Gasteiger partial charge in [0.15, 0.2) is 0 Å². The Labute approximate surface area is 154 Å². The average molecular weight is 374 g/mol. The van der Waals surface area contributed by atoms with Crippen LogP contribution in [0.5, 0.6) is 5.75 Å².